The van der Waals surface area contributed by atoms with E-state index in [1.54, 1.807) is 6.07 Å². The fourth-order valence-corrected chi connectivity index (χ4v) is 2.45. The Bertz CT molecular complexity index is 399. The lowest BCUT2D eigenvalue weighted by Gasteiger charge is -2.38. The molecule has 1 aromatic heterocycles. The van der Waals surface area contributed by atoms with Gasteiger partial charge in [0.05, 0.1) is 5.02 Å². The van der Waals surface area contributed by atoms with Gasteiger partial charge in [-0.2, -0.15) is 0 Å². The van der Waals surface area contributed by atoms with E-state index in [9.17, 15) is 5.11 Å². The monoisotopic (exact) mass is 241 g/mol. The maximum Gasteiger partial charge on any atom is 0.129 e. The van der Waals surface area contributed by atoms with Gasteiger partial charge in [0.2, 0.25) is 0 Å². The second-order valence-electron chi connectivity index (χ2n) is 4.46. The molecule has 0 aromatic carbocycles. The van der Waals surface area contributed by atoms with E-state index >= 15 is 0 Å². The van der Waals surface area contributed by atoms with Gasteiger partial charge in [-0.1, -0.05) is 11.6 Å². The van der Waals surface area contributed by atoms with Gasteiger partial charge in [0.25, 0.3) is 0 Å². The highest BCUT2D eigenvalue weighted by Gasteiger charge is 2.35. The van der Waals surface area contributed by atoms with Crippen molar-refractivity contribution in [3.63, 3.8) is 0 Å². The number of anilines is 1. The quantitative estimate of drug-likeness (QED) is 0.777. The van der Waals surface area contributed by atoms with Crippen LogP contribution < -0.4 is 5.73 Å². The predicted octanol–water partition coefficient (Wildman–Crippen LogP) is 1.23. The molecule has 1 aliphatic heterocycles. The van der Waals surface area contributed by atoms with E-state index < -0.39 is 5.60 Å². The zero-order chi connectivity index (χ0) is 11.8. The van der Waals surface area contributed by atoms with Gasteiger partial charge in [0.15, 0.2) is 0 Å². The summed E-state index contributed by atoms with van der Waals surface area (Å²) < 4.78 is 0. The number of piperidine rings is 1. The molecule has 0 aliphatic carbocycles. The Labute approximate surface area is 100 Å². The second kappa shape index (κ2) is 4.20. The first-order valence-corrected chi connectivity index (χ1v) is 5.71. The minimum Gasteiger partial charge on any atom is -0.384 e. The molecule has 2 heterocycles. The maximum absolute atomic E-state index is 10.6. The van der Waals surface area contributed by atoms with E-state index in [1.807, 2.05) is 7.05 Å². The molecule has 0 amide bonds. The number of halogens is 1. The average Bonchev–Trinajstić information content (AvgIpc) is 2.21. The van der Waals surface area contributed by atoms with Gasteiger partial charge in [-0.05, 0) is 32.5 Å². The zero-order valence-electron chi connectivity index (χ0n) is 9.28. The smallest absolute Gasteiger partial charge is 0.129 e. The average molecular weight is 242 g/mol. The number of nitrogen functional groups attached to an aromatic ring is 1. The summed E-state index contributed by atoms with van der Waals surface area (Å²) in [5.74, 6) is 0.363. The number of nitrogens with zero attached hydrogens (tertiary/aromatic N) is 2. The molecule has 4 nitrogen and oxygen atoms in total. The Kier molecular flexibility index (Phi) is 3.06. The highest BCUT2D eigenvalue weighted by Crippen LogP contribution is 2.34. The molecule has 3 N–H and O–H groups in total. The first-order valence-electron chi connectivity index (χ1n) is 5.34. The van der Waals surface area contributed by atoms with Crippen LogP contribution >= 0.6 is 11.6 Å². The van der Waals surface area contributed by atoms with Crippen LogP contribution in [0.15, 0.2) is 12.3 Å². The second-order valence-corrected chi connectivity index (χ2v) is 4.90. The van der Waals surface area contributed by atoms with Crippen molar-refractivity contribution in [1.29, 1.82) is 0 Å². The van der Waals surface area contributed by atoms with E-state index in [0.29, 0.717) is 29.4 Å². The van der Waals surface area contributed by atoms with Crippen LogP contribution in [-0.4, -0.2) is 35.1 Å². The van der Waals surface area contributed by atoms with Gasteiger partial charge in [-0.15, -0.1) is 0 Å². The first-order chi connectivity index (χ1) is 7.51. The Morgan fingerprint density at radius 3 is 3.06 bits per heavy atom. The molecule has 0 bridgehead atoms. The fraction of sp³-hybridized carbons (Fsp3) is 0.545. The van der Waals surface area contributed by atoms with Gasteiger partial charge >= 0.3 is 0 Å². The highest BCUT2D eigenvalue weighted by molar-refractivity contribution is 6.30. The lowest BCUT2D eigenvalue weighted by atomic mass is 9.86. The third-order valence-corrected chi connectivity index (χ3v) is 3.25. The summed E-state index contributed by atoms with van der Waals surface area (Å²) in [4.78, 5) is 6.08. The van der Waals surface area contributed by atoms with Crippen molar-refractivity contribution in [2.45, 2.75) is 18.4 Å². The summed E-state index contributed by atoms with van der Waals surface area (Å²) in [6.07, 6.45) is 3.14. The molecule has 1 aromatic rings. The normalized spacial score (nSPS) is 26.9. The van der Waals surface area contributed by atoms with Crippen molar-refractivity contribution in [3.05, 3.63) is 22.8 Å². The number of β-amino-alcohol motifs (C(OH)–C–C–N with tert-alkyl or cyclic N) is 1. The number of aromatic nitrogens is 1. The van der Waals surface area contributed by atoms with Crippen molar-refractivity contribution >= 4 is 17.4 Å². The van der Waals surface area contributed by atoms with Crippen LogP contribution in [0.2, 0.25) is 5.02 Å². The molecule has 0 radical (unpaired) electrons. The zero-order valence-corrected chi connectivity index (χ0v) is 10.0. The Morgan fingerprint density at radius 1 is 1.62 bits per heavy atom. The van der Waals surface area contributed by atoms with Crippen LogP contribution in [0.5, 0.6) is 0 Å². The number of likely N-dealkylation sites (N-methyl/N-ethyl adjacent to an activating group) is 1. The topological polar surface area (TPSA) is 62.4 Å². The SMILES string of the molecule is CN1CCCC(O)(c2cc(Cl)cnc2N)C1. The number of nitrogens with two attached hydrogens (primary N) is 1. The third kappa shape index (κ3) is 2.14. The molecule has 5 heteroatoms. The van der Waals surface area contributed by atoms with Crippen molar-refractivity contribution < 1.29 is 5.11 Å². The lowest BCUT2D eigenvalue weighted by Crippen LogP contribution is -2.44. The molecular weight excluding hydrogens is 226 g/mol. The Morgan fingerprint density at radius 2 is 2.38 bits per heavy atom. The number of hydrogen-bond donors (Lipinski definition) is 2. The van der Waals surface area contributed by atoms with Gasteiger partial charge in [-0.3, -0.25) is 0 Å². The maximum atomic E-state index is 10.6. The number of pyridine rings is 1. The summed E-state index contributed by atoms with van der Waals surface area (Å²) in [5.41, 5.74) is 5.53. The van der Waals surface area contributed by atoms with Crippen LogP contribution in [0.3, 0.4) is 0 Å². The lowest BCUT2D eigenvalue weighted by molar-refractivity contribution is -0.0273. The summed E-state index contributed by atoms with van der Waals surface area (Å²) in [5, 5.41) is 11.1. The predicted molar refractivity (Wildman–Crippen MR) is 64.3 cm³/mol. The van der Waals surface area contributed by atoms with Crippen LogP contribution in [0, 0.1) is 0 Å². The number of rotatable bonds is 1. The van der Waals surface area contributed by atoms with E-state index in [0.717, 1.165) is 13.0 Å². The Balaban J connectivity index is 2.37. The summed E-state index contributed by atoms with van der Waals surface area (Å²) in [6, 6.07) is 1.71. The van der Waals surface area contributed by atoms with Crippen LogP contribution in [0.25, 0.3) is 0 Å². The van der Waals surface area contributed by atoms with Crippen molar-refractivity contribution in [2.75, 3.05) is 25.9 Å². The highest BCUT2D eigenvalue weighted by atomic mass is 35.5. The molecule has 2 rings (SSSR count). The summed E-state index contributed by atoms with van der Waals surface area (Å²) >= 11 is 5.89. The largest absolute Gasteiger partial charge is 0.384 e. The standard InChI is InChI=1S/C11H16ClN3O/c1-15-4-2-3-11(16,7-15)9-5-8(12)6-14-10(9)13/h5-6,16H,2-4,7H2,1H3,(H2,13,14). The van der Waals surface area contributed by atoms with E-state index in [1.165, 1.54) is 6.20 Å². The summed E-state index contributed by atoms with van der Waals surface area (Å²) in [6.45, 7) is 1.56. The number of likely N-dealkylation sites (tertiary alicyclic amines) is 1. The molecule has 1 aliphatic rings. The third-order valence-electron chi connectivity index (χ3n) is 3.05. The van der Waals surface area contributed by atoms with Crippen molar-refractivity contribution in [1.82, 2.24) is 9.88 Å². The molecule has 0 saturated carbocycles. The molecule has 0 spiro atoms. The van der Waals surface area contributed by atoms with Crippen LogP contribution in [-0.2, 0) is 5.60 Å². The van der Waals surface area contributed by atoms with Crippen LogP contribution in [0.1, 0.15) is 18.4 Å². The number of aliphatic hydroxyl groups is 1. The fourth-order valence-electron chi connectivity index (χ4n) is 2.29. The molecule has 1 atom stereocenters. The molecule has 1 unspecified atom stereocenters. The van der Waals surface area contributed by atoms with Crippen molar-refractivity contribution in [2.24, 2.45) is 0 Å². The molecule has 88 valence electrons. The molecule has 1 fully saturated rings. The molecule has 1 saturated heterocycles. The minimum atomic E-state index is -0.922. The van der Waals surface area contributed by atoms with Gasteiger partial charge in [-0.25, -0.2) is 4.98 Å². The van der Waals surface area contributed by atoms with Gasteiger partial charge < -0.3 is 15.7 Å². The van der Waals surface area contributed by atoms with Gasteiger partial charge in [0, 0.05) is 18.3 Å². The van der Waals surface area contributed by atoms with Crippen LogP contribution in [0.4, 0.5) is 5.82 Å². The number of hydrogen-bond acceptors (Lipinski definition) is 4. The first kappa shape index (κ1) is 11.6. The van der Waals surface area contributed by atoms with E-state index in [2.05, 4.69) is 9.88 Å². The Hall–Kier alpha value is -0.840. The van der Waals surface area contributed by atoms with E-state index in [-0.39, 0.29) is 0 Å². The molecule has 16 heavy (non-hydrogen) atoms. The minimum absolute atomic E-state index is 0.363. The van der Waals surface area contributed by atoms with E-state index in [4.69, 9.17) is 17.3 Å². The van der Waals surface area contributed by atoms with Gasteiger partial charge in [0.1, 0.15) is 11.4 Å². The summed E-state index contributed by atoms with van der Waals surface area (Å²) in [7, 11) is 1.98. The molecular formula is C11H16ClN3O. The van der Waals surface area contributed by atoms with Crippen molar-refractivity contribution in [3.8, 4) is 0 Å².